The number of carbonyl (C=O) groups is 1. The first-order chi connectivity index (χ1) is 15.4. The number of fused-ring (bicyclic) bond motifs is 3. The van der Waals surface area contributed by atoms with E-state index in [2.05, 4.69) is 5.32 Å². The molecular weight excluding hydrogens is 418 g/mol. The lowest BCUT2D eigenvalue weighted by atomic mass is 9.98. The van der Waals surface area contributed by atoms with E-state index in [0.717, 1.165) is 28.3 Å². The van der Waals surface area contributed by atoms with Gasteiger partial charge in [0.15, 0.2) is 11.6 Å². The molecule has 2 unspecified atom stereocenters. The molecule has 3 aromatic carbocycles. The zero-order valence-electron chi connectivity index (χ0n) is 17.0. The Morgan fingerprint density at radius 2 is 1.56 bits per heavy atom. The van der Waals surface area contributed by atoms with Crippen LogP contribution in [0.4, 0.5) is 19.3 Å². The van der Waals surface area contributed by atoms with Gasteiger partial charge < -0.3 is 26.0 Å². The smallest absolute Gasteiger partial charge is 0.407 e. The molecule has 5 N–H and O–H groups in total. The van der Waals surface area contributed by atoms with Crippen LogP contribution in [0.15, 0.2) is 60.7 Å². The number of ether oxygens (including phenoxy) is 1. The molecule has 1 amide bonds. The second kappa shape index (κ2) is 8.94. The van der Waals surface area contributed by atoms with Crippen molar-refractivity contribution in [1.29, 1.82) is 0 Å². The lowest BCUT2D eigenvalue weighted by Gasteiger charge is -2.20. The summed E-state index contributed by atoms with van der Waals surface area (Å²) in [4.78, 5) is 12.2. The highest BCUT2D eigenvalue weighted by molar-refractivity contribution is 5.79. The average molecular weight is 440 g/mol. The fourth-order valence-corrected chi connectivity index (χ4v) is 3.99. The monoisotopic (exact) mass is 440 g/mol. The molecule has 0 saturated heterocycles. The minimum atomic E-state index is -1.63. The number of nitrogen functional groups attached to an aromatic ring is 1. The highest BCUT2D eigenvalue weighted by Crippen LogP contribution is 2.44. The molecule has 0 heterocycles. The van der Waals surface area contributed by atoms with E-state index in [0.29, 0.717) is 6.07 Å². The summed E-state index contributed by atoms with van der Waals surface area (Å²) in [5.74, 6) is -2.49. The highest BCUT2D eigenvalue weighted by atomic mass is 19.2. The summed E-state index contributed by atoms with van der Waals surface area (Å²) >= 11 is 0. The van der Waals surface area contributed by atoms with Crippen LogP contribution in [-0.4, -0.2) is 35.6 Å². The van der Waals surface area contributed by atoms with E-state index in [4.69, 9.17) is 10.5 Å². The first-order valence-electron chi connectivity index (χ1n) is 10.1. The van der Waals surface area contributed by atoms with Gasteiger partial charge in [0, 0.05) is 29.8 Å². The standard InChI is InChI=1S/C24H22F2N2O4/c25-19-9-17(21(27)10-20(19)26)23(30)22(29)11-28-24(31)32-12-18-15-7-3-1-5-13(15)14-6-2-4-8-16(14)18/h1-10,18,22-23,29-30H,11-12,27H2,(H,28,31). The number of benzene rings is 3. The molecule has 4 rings (SSSR count). The fourth-order valence-electron chi connectivity index (χ4n) is 3.99. The van der Waals surface area contributed by atoms with Crippen LogP contribution in [0.25, 0.3) is 11.1 Å². The molecule has 1 aliphatic carbocycles. The van der Waals surface area contributed by atoms with Crippen molar-refractivity contribution in [2.45, 2.75) is 18.1 Å². The summed E-state index contributed by atoms with van der Waals surface area (Å²) in [6.07, 6.45) is -3.92. The van der Waals surface area contributed by atoms with Gasteiger partial charge in [0.25, 0.3) is 0 Å². The van der Waals surface area contributed by atoms with E-state index < -0.39 is 29.9 Å². The van der Waals surface area contributed by atoms with Crippen LogP contribution in [0.1, 0.15) is 28.7 Å². The Hall–Kier alpha value is -3.49. The van der Waals surface area contributed by atoms with Crippen molar-refractivity contribution in [2.24, 2.45) is 0 Å². The van der Waals surface area contributed by atoms with Gasteiger partial charge >= 0.3 is 6.09 Å². The van der Waals surface area contributed by atoms with Crippen LogP contribution in [-0.2, 0) is 4.74 Å². The molecule has 0 radical (unpaired) electrons. The number of carbonyl (C=O) groups excluding carboxylic acids is 1. The Morgan fingerprint density at radius 3 is 2.19 bits per heavy atom. The lowest BCUT2D eigenvalue weighted by molar-refractivity contribution is 0.0187. The van der Waals surface area contributed by atoms with Gasteiger partial charge in [-0.3, -0.25) is 0 Å². The number of hydrogen-bond acceptors (Lipinski definition) is 5. The number of aliphatic hydroxyl groups excluding tert-OH is 2. The van der Waals surface area contributed by atoms with E-state index in [9.17, 15) is 23.8 Å². The predicted octanol–water partition coefficient (Wildman–Crippen LogP) is 3.48. The van der Waals surface area contributed by atoms with Crippen molar-refractivity contribution in [3.8, 4) is 11.1 Å². The third-order valence-corrected chi connectivity index (χ3v) is 5.61. The Kier molecular flexibility index (Phi) is 6.07. The molecule has 0 spiro atoms. The highest BCUT2D eigenvalue weighted by Gasteiger charge is 2.29. The third-order valence-electron chi connectivity index (χ3n) is 5.61. The van der Waals surface area contributed by atoms with Crippen LogP contribution in [0, 0.1) is 11.6 Å². The van der Waals surface area contributed by atoms with Gasteiger partial charge in [-0.15, -0.1) is 0 Å². The van der Waals surface area contributed by atoms with Crippen LogP contribution < -0.4 is 11.1 Å². The number of anilines is 1. The average Bonchev–Trinajstić information content (AvgIpc) is 3.11. The topological polar surface area (TPSA) is 105 Å². The zero-order valence-corrected chi connectivity index (χ0v) is 17.0. The molecule has 3 aromatic rings. The molecule has 0 aliphatic heterocycles. The first-order valence-corrected chi connectivity index (χ1v) is 10.1. The maximum absolute atomic E-state index is 13.4. The van der Waals surface area contributed by atoms with E-state index in [1.807, 2.05) is 48.5 Å². The molecule has 0 fully saturated rings. The van der Waals surface area contributed by atoms with Gasteiger partial charge in [0.05, 0.1) is 0 Å². The second-order valence-electron chi connectivity index (χ2n) is 7.61. The molecule has 6 nitrogen and oxygen atoms in total. The number of rotatable bonds is 6. The molecule has 2 atom stereocenters. The van der Waals surface area contributed by atoms with Gasteiger partial charge in [-0.25, -0.2) is 13.6 Å². The van der Waals surface area contributed by atoms with Crippen molar-refractivity contribution in [2.75, 3.05) is 18.9 Å². The van der Waals surface area contributed by atoms with Gasteiger partial charge in [0.1, 0.15) is 18.8 Å². The van der Waals surface area contributed by atoms with Gasteiger partial charge in [-0.05, 0) is 28.3 Å². The van der Waals surface area contributed by atoms with Crippen molar-refractivity contribution in [3.05, 3.63) is 89.0 Å². The number of hydrogen-bond donors (Lipinski definition) is 4. The molecule has 1 aliphatic rings. The van der Waals surface area contributed by atoms with Crippen molar-refractivity contribution >= 4 is 11.8 Å². The number of halogens is 2. The van der Waals surface area contributed by atoms with Gasteiger partial charge in [-0.2, -0.15) is 0 Å². The van der Waals surface area contributed by atoms with Gasteiger partial charge in [-0.1, -0.05) is 48.5 Å². The fraction of sp³-hybridized carbons (Fsp3) is 0.208. The van der Waals surface area contributed by atoms with E-state index in [1.165, 1.54) is 0 Å². The van der Waals surface area contributed by atoms with Crippen LogP contribution in [0.5, 0.6) is 0 Å². The van der Waals surface area contributed by atoms with E-state index in [1.54, 1.807) is 0 Å². The second-order valence-corrected chi connectivity index (χ2v) is 7.61. The molecule has 166 valence electrons. The van der Waals surface area contributed by atoms with Crippen LogP contribution >= 0.6 is 0 Å². The Morgan fingerprint density at radius 1 is 1.00 bits per heavy atom. The third kappa shape index (κ3) is 4.15. The summed E-state index contributed by atoms with van der Waals surface area (Å²) in [6, 6.07) is 17.2. The molecular formula is C24H22F2N2O4. The number of alkyl carbamates (subject to hydrolysis) is 1. The maximum Gasteiger partial charge on any atom is 0.407 e. The molecule has 0 aromatic heterocycles. The number of aliphatic hydroxyl groups is 2. The van der Waals surface area contributed by atoms with Crippen LogP contribution in [0.2, 0.25) is 0 Å². The van der Waals surface area contributed by atoms with Crippen molar-refractivity contribution in [3.63, 3.8) is 0 Å². The predicted molar refractivity (Wildman–Crippen MR) is 115 cm³/mol. The van der Waals surface area contributed by atoms with E-state index in [-0.39, 0.29) is 30.3 Å². The molecule has 8 heteroatoms. The number of nitrogens with one attached hydrogen (secondary N) is 1. The molecule has 0 saturated carbocycles. The zero-order chi connectivity index (χ0) is 22.8. The van der Waals surface area contributed by atoms with Crippen molar-refractivity contribution in [1.82, 2.24) is 5.32 Å². The van der Waals surface area contributed by atoms with Gasteiger partial charge in [0.2, 0.25) is 0 Å². The quantitative estimate of drug-likeness (QED) is 0.440. The lowest BCUT2D eigenvalue weighted by Crippen LogP contribution is -2.36. The normalized spacial score (nSPS) is 14.4. The summed E-state index contributed by atoms with van der Waals surface area (Å²) < 4.78 is 32.0. The first kappa shape index (κ1) is 21.7. The Bertz CT molecular complexity index is 1110. The molecule has 0 bridgehead atoms. The summed E-state index contributed by atoms with van der Waals surface area (Å²) in [5, 5.41) is 22.7. The minimum Gasteiger partial charge on any atom is -0.449 e. The Labute approximate surface area is 183 Å². The Balaban J connectivity index is 1.35. The van der Waals surface area contributed by atoms with Crippen LogP contribution in [0.3, 0.4) is 0 Å². The number of amides is 1. The number of nitrogens with two attached hydrogens (primary N) is 1. The largest absolute Gasteiger partial charge is 0.449 e. The summed E-state index contributed by atoms with van der Waals surface area (Å²) in [6.45, 7) is -0.287. The summed E-state index contributed by atoms with van der Waals surface area (Å²) in [5.41, 5.74) is 9.52. The van der Waals surface area contributed by atoms with E-state index >= 15 is 0 Å². The summed E-state index contributed by atoms with van der Waals surface area (Å²) in [7, 11) is 0. The maximum atomic E-state index is 13.4. The minimum absolute atomic E-state index is 0.0919. The SMILES string of the molecule is Nc1cc(F)c(F)cc1C(O)C(O)CNC(=O)OCC1c2ccccc2-c2ccccc21. The molecule has 32 heavy (non-hydrogen) atoms. The van der Waals surface area contributed by atoms with Crippen molar-refractivity contribution < 1.29 is 28.5 Å².